The van der Waals surface area contributed by atoms with Crippen LogP contribution >= 0.6 is 24.0 Å². The van der Waals surface area contributed by atoms with Gasteiger partial charge in [-0.1, -0.05) is 13.3 Å². The van der Waals surface area contributed by atoms with Gasteiger partial charge in [0.05, 0.1) is 6.10 Å². The standard InChI is InChI=1S/C17H33N3O2.HI/c1-3-17(8-4-9-17)14-20-16(18-2)19-10-5-11-22-15-6-12-21-13-7-15;/h15H,3-14H2,1-2H3,(H2,18,19,20);1H. The summed E-state index contributed by atoms with van der Waals surface area (Å²) in [4.78, 5) is 4.31. The van der Waals surface area contributed by atoms with Crippen LogP contribution < -0.4 is 10.6 Å². The molecule has 136 valence electrons. The van der Waals surface area contributed by atoms with Gasteiger partial charge in [-0.05, 0) is 43.9 Å². The molecule has 1 aliphatic carbocycles. The van der Waals surface area contributed by atoms with E-state index in [1.807, 2.05) is 7.05 Å². The van der Waals surface area contributed by atoms with E-state index in [1.54, 1.807) is 0 Å². The van der Waals surface area contributed by atoms with Crippen LogP contribution in [0.3, 0.4) is 0 Å². The van der Waals surface area contributed by atoms with Gasteiger partial charge >= 0.3 is 0 Å². The van der Waals surface area contributed by atoms with Gasteiger partial charge in [0.25, 0.3) is 0 Å². The molecule has 0 radical (unpaired) electrons. The first-order valence-corrected chi connectivity index (χ1v) is 8.92. The van der Waals surface area contributed by atoms with Gasteiger partial charge in [-0.3, -0.25) is 4.99 Å². The fraction of sp³-hybridized carbons (Fsp3) is 0.941. The number of guanidine groups is 1. The summed E-state index contributed by atoms with van der Waals surface area (Å²) < 4.78 is 11.2. The number of hydrogen-bond donors (Lipinski definition) is 2. The molecule has 0 spiro atoms. The smallest absolute Gasteiger partial charge is 0.190 e. The zero-order valence-electron chi connectivity index (χ0n) is 14.7. The van der Waals surface area contributed by atoms with Crippen LogP contribution in [-0.4, -0.2) is 52.0 Å². The van der Waals surface area contributed by atoms with Crippen LogP contribution in [0.5, 0.6) is 0 Å². The number of nitrogens with zero attached hydrogens (tertiary/aromatic N) is 1. The van der Waals surface area contributed by atoms with Gasteiger partial charge in [0.1, 0.15) is 0 Å². The van der Waals surface area contributed by atoms with Crippen LogP contribution in [0.25, 0.3) is 0 Å². The molecule has 2 fully saturated rings. The maximum atomic E-state index is 5.88. The van der Waals surface area contributed by atoms with E-state index in [9.17, 15) is 0 Å². The fourth-order valence-electron chi connectivity index (χ4n) is 3.20. The van der Waals surface area contributed by atoms with Crippen LogP contribution in [0.15, 0.2) is 4.99 Å². The predicted octanol–water partition coefficient (Wildman–Crippen LogP) is 2.94. The molecule has 0 aromatic carbocycles. The Hall–Kier alpha value is -0.0800. The molecule has 1 heterocycles. The Morgan fingerprint density at radius 1 is 1.26 bits per heavy atom. The predicted molar refractivity (Wildman–Crippen MR) is 106 cm³/mol. The molecule has 23 heavy (non-hydrogen) atoms. The van der Waals surface area contributed by atoms with Crippen LogP contribution in [-0.2, 0) is 9.47 Å². The lowest BCUT2D eigenvalue weighted by Gasteiger charge is -2.41. The molecule has 5 nitrogen and oxygen atoms in total. The second kappa shape index (κ2) is 11.5. The highest BCUT2D eigenvalue weighted by Crippen LogP contribution is 2.42. The zero-order valence-corrected chi connectivity index (χ0v) is 17.1. The number of halogens is 1. The van der Waals surface area contributed by atoms with Crippen molar-refractivity contribution in [3.05, 3.63) is 0 Å². The summed E-state index contributed by atoms with van der Waals surface area (Å²) in [6, 6.07) is 0. The molecule has 1 saturated carbocycles. The molecule has 0 unspecified atom stereocenters. The molecular formula is C17H34IN3O2. The van der Waals surface area contributed by atoms with E-state index in [-0.39, 0.29) is 24.0 Å². The van der Waals surface area contributed by atoms with Crippen LogP contribution in [0.2, 0.25) is 0 Å². The molecule has 0 amide bonds. The van der Waals surface area contributed by atoms with Crippen molar-refractivity contribution in [2.45, 2.75) is 58.0 Å². The molecule has 2 rings (SSSR count). The van der Waals surface area contributed by atoms with Crippen molar-refractivity contribution in [1.29, 1.82) is 0 Å². The molecular weight excluding hydrogens is 405 g/mol. The first-order valence-electron chi connectivity index (χ1n) is 8.92. The first-order chi connectivity index (χ1) is 10.8. The SMILES string of the molecule is CCC1(CNC(=NC)NCCCOC2CCOCC2)CCC1.I. The summed E-state index contributed by atoms with van der Waals surface area (Å²) in [5.74, 6) is 0.922. The molecule has 2 N–H and O–H groups in total. The molecule has 0 aromatic rings. The van der Waals surface area contributed by atoms with E-state index < -0.39 is 0 Å². The molecule has 1 aliphatic heterocycles. The summed E-state index contributed by atoms with van der Waals surface area (Å²) in [5, 5.41) is 6.87. The highest BCUT2D eigenvalue weighted by Gasteiger charge is 2.34. The summed E-state index contributed by atoms with van der Waals surface area (Å²) in [6.07, 6.45) is 8.83. The highest BCUT2D eigenvalue weighted by molar-refractivity contribution is 14.0. The van der Waals surface area contributed by atoms with Gasteiger partial charge in [-0.25, -0.2) is 0 Å². The Balaban J connectivity index is 0.00000264. The third kappa shape index (κ3) is 7.13. The summed E-state index contributed by atoms with van der Waals surface area (Å²) in [7, 11) is 1.84. The first kappa shape index (κ1) is 21.0. The van der Waals surface area contributed by atoms with Gasteiger partial charge in [0.2, 0.25) is 0 Å². The minimum Gasteiger partial charge on any atom is -0.381 e. The maximum absolute atomic E-state index is 5.88. The van der Waals surface area contributed by atoms with Crippen LogP contribution in [0.1, 0.15) is 51.9 Å². The summed E-state index contributed by atoms with van der Waals surface area (Å²) in [5.41, 5.74) is 0.518. The summed E-state index contributed by atoms with van der Waals surface area (Å²) >= 11 is 0. The van der Waals surface area contributed by atoms with E-state index in [0.29, 0.717) is 11.5 Å². The zero-order chi connectivity index (χ0) is 15.7. The highest BCUT2D eigenvalue weighted by atomic mass is 127. The maximum Gasteiger partial charge on any atom is 0.190 e. The van der Waals surface area contributed by atoms with Crippen molar-refractivity contribution < 1.29 is 9.47 Å². The molecule has 6 heteroatoms. The minimum absolute atomic E-state index is 0. The Morgan fingerprint density at radius 3 is 2.57 bits per heavy atom. The third-order valence-electron chi connectivity index (χ3n) is 5.15. The van der Waals surface area contributed by atoms with Gasteiger partial charge in [-0.2, -0.15) is 0 Å². The quantitative estimate of drug-likeness (QED) is 0.264. The van der Waals surface area contributed by atoms with Gasteiger partial charge in [-0.15, -0.1) is 24.0 Å². The van der Waals surface area contributed by atoms with Crippen LogP contribution in [0.4, 0.5) is 0 Å². The van der Waals surface area contributed by atoms with E-state index in [2.05, 4.69) is 22.5 Å². The van der Waals surface area contributed by atoms with E-state index in [1.165, 1.54) is 25.7 Å². The topological polar surface area (TPSA) is 54.9 Å². The van der Waals surface area contributed by atoms with Crippen molar-refractivity contribution >= 4 is 29.9 Å². The largest absolute Gasteiger partial charge is 0.381 e. The Morgan fingerprint density at radius 2 is 2.00 bits per heavy atom. The van der Waals surface area contributed by atoms with E-state index in [4.69, 9.17) is 9.47 Å². The summed E-state index contributed by atoms with van der Waals surface area (Å²) in [6.45, 7) is 6.75. The normalized spacial score (nSPS) is 21.2. The second-order valence-corrected chi connectivity index (χ2v) is 6.60. The lowest BCUT2D eigenvalue weighted by molar-refractivity contribution is -0.0320. The van der Waals surface area contributed by atoms with Crippen molar-refractivity contribution in [1.82, 2.24) is 10.6 Å². The monoisotopic (exact) mass is 439 g/mol. The molecule has 0 atom stereocenters. The number of rotatable bonds is 8. The van der Waals surface area contributed by atoms with Gasteiger partial charge in [0, 0.05) is 40.0 Å². The molecule has 1 saturated heterocycles. The van der Waals surface area contributed by atoms with Crippen molar-refractivity contribution in [2.24, 2.45) is 10.4 Å². The minimum atomic E-state index is 0. The van der Waals surface area contributed by atoms with Crippen LogP contribution in [0, 0.1) is 5.41 Å². The lowest BCUT2D eigenvalue weighted by atomic mass is 9.67. The molecule has 0 aromatic heterocycles. The average Bonchev–Trinajstić information content (AvgIpc) is 2.53. The van der Waals surface area contributed by atoms with Gasteiger partial charge in [0.15, 0.2) is 5.96 Å². The second-order valence-electron chi connectivity index (χ2n) is 6.60. The Labute approximate surface area is 158 Å². The number of aliphatic imine (C=N–C) groups is 1. The number of ether oxygens (including phenoxy) is 2. The number of hydrogen-bond acceptors (Lipinski definition) is 3. The van der Waals surface area contributed by atoms with Crippen molar-refractivity contribution in [2.75, 3.05) is 40.0 Å². The molecule has 0 bridgehead atoms. The van der Waals surface area contributed by atoms with Gasteiger partial charge < -0.3 is 20.1 Å². The lowest BCUT2D eigenvalue weighted by Crippen LogP contribution is -2.46. The third-order valence-corrected chi connectivity index (χ3v) is 5.15. The van der Waals surface area contributed by atoms with Crippen molar-refractivity contribution in [3.8, 4) is 0 Å². The average molecular weight is 439 g/mol. The fourth-order valence-corrected chi connectivity index (χ4v) is 3.20. The van der Waals surface area contributed by atoms with Crippen molar-refractivity contribution in [3.63, 3.8) is 0 Å². The Kier molecular flexibility index (Phi) is 10.5. The number of nitrogens with one attached hydrogen (secondary N) is 2. The molecule has 2 aliphatic rings. The van der Waals surface area contributed by atoms with E-state index >= 15 is 0 Å². The Bertz CT molecular complexity index is 337. The van der Waals surface area contributed by atoms with E-state index in [0.717, 1.165) is 58.1 Å².